The van der Waals surface area contributed by atoms with Crippen LogP contribution in [0, 0.1) is 0 Å². The molecule has 1 aliphatic rings. The molecule has 0 bridgehead atoms. The molecular formula is C10H17NO4. The minimum absolute atomic E-state index is 0.0900. The van der Waals surface area contributed by atoms with Gasteiger partial charge in [0.05, 0.1) is 7.11 Å². The molecule has 1 fully saturated rings. The van der Waals surface area contributed by atoms with Crippen molar-refractivity contribution in [2.75, 3.05) is 13.7 Å². The second-order valence-electron chi connectivity index (χ2n) is 3.74. The van der Waals surface area contributed by atoms with E-state index in [1.54, 1.807) is 0 Å². The SMILES string of the molecule is COC(=O)CCC[C@@H]1CCCN1C(=O)O. The van der Waals surface area contributed by atoms with E-state index in [1.807, 2.05) is 0 Å². The number of hydrogen-bond acceptors (Lipinski definition) is 3. The summed E-state index contributed by atoms with van der Waals surface area (Å²) < 4.78 is 4.52. The van der Waals surface area contributed by atoms with E-state index in [0.717, 1.165) is 19.3 Å². The maximum atomic E-state index is 10.8. The molecule has 1 amide bonds. The Morgan fingerprint density at radius 3 is 2.87 bits per heavy atom. The van der Waals surface area contributed by atoms with Gasteiger partial charge in [0.1, 0.15) is 0 Å². The standard InChI is InChI=1S/C10H17NO4/c1-15-9(12)6-2-4-8-5-3-7-11(8)10(13)14/h8H,2-7H2,1H3,(H,13,14)/t8-/m1/s1. The first kappa shape index (κ1) is 11.8. The highest BCUT2D eigenvalue weighted by atomic mass is 16.5. The molecule has 0 unspecified atom stereocenters. The van der Waals surface area contributed by atoms with Crippen LogP contribution < -0.4 is 0 Å². The Bertz CT molecular complexity index is 242. The number of rotatable bonds is 4. The van der Waals surface area contributed by atoms with Crippen molar-refractivity contribution in [2.24, 2.45) is 0 Å². The highest BCUT2D eigenvalue weighted by molar-refractivity contribution is 5.69. The van der Waals surface area contributed by atoms with Gasteiger partial charge in [-0.25, -0.2) is 4.79 Å². The molecule has 1 atom stereocenters. The van der Waals surface area contributed by atoms with Crippen LogP contribution in [0.4, 0.5) is 4.79 Å². The van der Waals surface area contributed by atoms with Crippen LogP contribution >= 0.6 is 0 Å². The number of ether oxygens (including phenoxy) is 1. The molecule has 1 N–H and O–H groups in total. The lowest BCUT2D eigenvalue weighted by molar-refractivity contribution is -0.140. The van der Waals surface area contributed by atoms with Crippen LogP contribution in [0.25, 0.3) is 0 Å². The van der Waals surface area contributed by atoms with Crippen LogP contribution in [0.5, 0.6) is 0 Å². The summed E-state index contributed by atoms with van der Waals surface area (Å²) in [7, 11) is 1.36. The smallest absolute Gasteiger partial charge is 0.407 e. The molecule has 0 aliphatic carbocycles. The monoisotopic (exact) mass is 215 g/mol. The minimum atomic E-state index is -0.851. The molecule has 0 spiro atoms. The summed E-state index contributed by atoms with van der Waals surface area (Å²) >= 11 is 0. The summed E-state index contributed by atoms with van der Waals surface area (Å²) in [6, 6.07) is 0.0900. The van der Waals surface area contributed by atoms with Crippen molar-refractivity contribution in [3.8, 4) is 0 Å². The lowest BCUT2D eigenvalue weighted by Crippen LogP contribution is -2.34. The van der Waals surface area contributed by atoms with E-state index in [0.29, 0.717) is 19.4 Å². The predicted octanol–water partition coefficient (Wildman–Crippen LogP) is 1.47. The fraction of sp³-hybridized carbons (Fsp3) is 0.800. The third-order valence-corrected chi connectivity index (χ3v) is 2.77. The van der Waals surface area contributed by atoms with Gasteiger partial charge in [-0.2, -0.15) is 0 Å². The molecule has 0 aromatic heterocycles. The van der Waals surface area contributed by atoms with E-state index < -0.39 is 6.09 Å². The van der Waals surface area contributed by atoms with Gasteiger partial charge in [-0.15, -0.1) is 0 Å². The number of esters is 1. The fourth-order valence-electron chi connectivity index (χ4n) is 1.97. The molecular weight excluding hydrogens is 198 g/mol. The van der Waals surface area contributed by atoms with E-state index in [-0.39, 0.29) is 12.0 Å². The van der Waals surface area contributed by atoms with Gasteiger partial charge in [0.2, 0.25) is 0 Å². The van der Waals surface area contributed by atoms with Crippen molar-refractivity contribution >= 4 is 12.1 Å². The Morgan fingerprint density at radius 1 is 1.53 bits per heavy atom. The van der Waals surface area contributed by atoms with Crippen LogP contribution in [0.1, 0.15) is 32.1 Å². The first-order chi connectivity index (χ1) is 7.15. The molecule has 1 saturated heterocycles. The molecule has 5 nitrogen and oxygen atoms in total. The molecule has 0 aromatic rings. The van der Waals surface area contributed by atoms with Gasteiger partial charge in [-0.1, -0.05) is 0 Å². The normalized spacial score (nSPS) is 20.3. The Morgan fingerprint density at radius 2 is 2.27 bits per heavy atom. The zero-order chi connectivity index (χ0) is 11.3. The summed E-state index contributed by atoms with van der Waals surface area (Å²) in [4.78, 5) is 23.1. The first-order valence-electron chi connectivity index (χ1n) is 5.21. The third-order valence-electron chi connectivity index (χ3n) is 2.77. The topological polar surface area (TPSA) is 66.8 Å². The lowest BCUT2D eigenvalue weighted by atomic mass is 10.1. The number of carbonyl (C=O) groups is 2. The Balaban J connectivity index is 2.26. The summed E-state index contributed by atoms with van der Waals surface area (Å²) in [5, 5.41) is 8.87. The Labute approximate surface area is 89.0 Å². The number of carboxylic acid groups (broad SMARTS) is 1. The second-order valence-corrected chi connectivity index (χ2v) is 3.74. The number of amides is 1. The number of carbonyl (C=O) groups excluding carboxylic acids is 1. The van der Waals surface area contributed by atoms with Crippen LogP contribution in [0.15, 0.2) is 0 Å². The van der Waals surface area contributed by atoms with Crippen molar-refractivity contribution in [1.82, 2.24) is 4.90 Å². The Hall–Kier alpha value is -1.26. The van der Waals surface area contributed by atoms with Gasteiger partial charge >= 0.3 is 12.1 Å². The molecule has 0 saturated carbocycles. The lowest BCUT2D eigenvalue weighted by Gasteiger charge is -2.20. The average Bonchev–Trinajstić information content (AvgIpc) is 2.65. The van der Waals surface area contributed by atoms with Crippen molar-refractivity contribution in [3.63, 3.8) is 0 Å². The van der Waals surface area contributed by atoms with Crippen LogP contribution in [-0.2, 0) is 9.53 Å². The van der Waals surface area contributed by atoms with Crippen molar-refractivity contribution in [1.29, 1.82) is 0 Å². The maximum Gasteiger partial charge on any atom is 0.407 e. The van der Waals surface area contributed by atoms with Crippen molar-refractivity contribution < 1.29 is 19.4 Å². The number of hydrogen-bond donors (Lipinski definition) is 1. The highest BCUT2D eigenvalue weighted by Gasteiger charge is 2.27. The summed E-state index contributed by atoms with van der Waals surface area (Å²) in [5.74, 6) is -0.227. The van der Waals surface area contributed by atoms with E-state index in [1.165, 1.54) is 12.0 Å². The van der Waals surface area contributed by atoms with Crippen molar-refractivity contribution in [3.05, 3.63) is 0 Å². The van der Waals surface area contributed by atoms with Gasteiger partial charge in [0.15, 0.2) is 0 Å². The van der Waals surface area contributed by atoms with Gasteiger partial charge in [0, 0.05) is 19.0 Å². The average molecular weight is 215 g/mol. The van der Waals surface area contributed by atoms with Crippen LogP contribution in [-0.4, -0.2) is 41.8 Å². The van der Waals surface area contributed by atoms with Gasteiger partial charge in [-0.05, 0) is 25.7 Å². The van der Waals surface area contributed by atoms with E-state index in [2.05, 4.69) is 4.74 Å². The number of methoxy groups -OCH3 is 1. The molecule has 15 heavy (non-hydrogen) atoms. The number of likely N-dealkylation sites (tertiary alicyclic amines) is 1. The molecule has 5 heteroatoms. The highest BCUT2D eigenvalue weighted by Crippen LogP contribution is 2.21. The molecule has 1 heterocycles. The van der Waals surface area contributed by atoms with Crippen LogP contribution in [0.3, 0.4) is 0 Å². The molecule has 86 valence electrons. The van der Waals surface area contributed by atoms with Crippen LogP contribution in [0.2, 0.25) is 0 Å². The maximum absolute atomic E-state index is 10.8. The molecule has 0 radical (unpaired) electrons. The summed E-state index contributed by atoms with van der Waals surface area (Å²) in [6.45, 7) is 0.623. The summed E-state index contributed by atoms with van der Waals surface area (Å²) in [5.41, 5.74) is 0. The quantitative estimate of drug-likeness (QED) is 0.721. The Kier molecular flexibility index (Phi) is 4.39. The molecule has 0 aromatic carbocycles. The van der Waals surface area contributed by atoms with Gasteiger partial charge in [-0.3, -0.25) is 4.79 Å². The van der Waals surface area contributed by atoms with E-state index in [9.17, 15) is 9.59 Å². The molecule has 1 rings (SSSR count). The van der Waals surface area contributed by atoms with Gasteiger partial charge in [0.25, 0.3) is 0 Å². The van der Waals surface area contributed by atoms with E-state index >= 15 is 0 Å². The zero-order valence-corrected chi connectivity index (χ0v) is 8.94. The van der Waals surface area contributed by atoms with E-state index in [4.69, 9.17) is 5.11 Å². The number of nitrogens with zero attached hydrogens (tertiary/aromatic N) is 1. The largest absolute Gasteiger partial charge is 0.469 e. The second kappa shape index (κ2) is 5.58. The zero-order valence-electron chi connectivity index (χ0n) is 8.94. The predicted molar refractivity (Wildman–Crippen MR) is 53.6 cm³/mol. The fourth-order valence-corrected chi connectivity index (χ4v) is 1.97. The summed E-state index contributed by atoms with van der Waals surface area (Å²) in [6.07, 6.45) is 2.81. The van der Waals surface area contributed by atoms with Crippen molar-refractivity contribution in [2.45, 2.75) is 38.1 Å². The third kappa shape index (κ3) is 3.42. The minimum Gasteiger partial charge on any atom is -0.469 e. The first-order valence-corrected chi connectivity index (χ1v) is 5.21. The van der Waals surface area contributed by atoms with Gasteiger partial charge < -0.3 is 14.7 Å². The molecule has 1 aliphatic heterocycles.